The van der Waals surface area contributed by atoms with Gasteiger partial charge in [0, 0.05) is 33.6 Å². The first kappa shape index (κ1) is 25.3. The lowest BCUT2D eigenvalue weighted by molar-refractivity contribution is -0.197. The predicted octanol–water partition coefficient (Wildman–Crippen LogP) is 7.64. The number of thiophene rings is 1. The Balaban J connectivity index is 1.53. The Kier molecular flexibility index (Phi) is 6.89. The summed E-state index contributed by atoms with van der Waals surface area (Å²) in [4.78, 5) is 18.4. The lowest BCUT2D eigenvalue weighted by Gasteiger charge is -2.36. The van der Waals surface area contributed by atoms with Gasteiger partial charge < -0.3 is 9.64 Å². The summed E-state index contributed by atoms with van der Waals surface area (Å²) < 4.78 is 62.1. The number of piperidine rings is 1. The van der Waals surface area contributed by atoms with Gasteiger partial charge in [0.15, 0.2) is 0 Å². The van der Waals surface area contributed by atoms with E-state index >= 15 is 0 Å². The van der Waals surface area contributed by atoms with E-state index < -0.39 is 30.4 Å². The van der Waals surface area contributed by atoms with Gasteiger partial charge in [-0.2, -0.15) is 13.2 Å². The van der Waals surface area contributed by atoms with Crippen LogP contribution in [0.5, 0.6) is 5.75 Å². The number of halogens is 5. The number of hydrogen-bond donors (Lipinski definition) is 0. The van der Waals surface area contributed by atoms with Crippen LogP contribution in [-0.2, 0) is 11.3 Å². The zero-order chi connectivity index (χ0) is 25.6. The topological polar surface area (TPSA) is 42.4 Å². The summed E-state index contributed by atoms with van der Waals surface area (Å²) in [6, 6.07) is 5.26. The molecule has 10 heteroatoms. The molecular weight excluding hydrogens is 516 g/mol. The van der Waals surface area contributed by atoms with Gasteiger partial charge in [0.1, 0.15) is 24.1 Å². The molecule has 36 heavy (non-hydrogen) atoms. The first-order chi connectivity index (χ1) is 17.1. The predicted molar refractivity (Wildman–Crippen MR) is 132 cm³/mol. The second kappa shape index (κ2) is 9.82. The van der Waals surface area contributed by atoms with Crippen molar-refractivity contribution in [1.29, 1.82) is 0 Å². The van der Waals surface area contributed by atoms with E-state index in [0.717, 1.165) is 27.1 Å². The quantitative estimate of drug-likeness (QED) is 0.312. The van der Waals surface area contributed by atoms with Crippen LogP contribution in [0.15, 0.2) is 30.5 Å². The van der Waals surface area contributed by atoms with Crippen LogP contribution >= 0.6 is 22.9 Å². The Labute approximate surface area is 215 Å². The highest BCUT2D eigenvalue weighted by Gasteiger charge is 2.46. The van der Waals surface area contributed by atoms with E-state index in [1.165, 1.54) is 11.3 Å². The highest BCUT2D eigenvalue weighted by Crippen LogP contribution is 2.43. The van der Waals surface area contributed by atoms with Crippen molar-refractivity contribution >= 4 is 39.1 Å². The summed E-state index contributed by atoms with van der Waals surface area (Å²) in [5, 5.41) is 0.492. The molecule has 192 valence electrons. The lowest BCUT2D eigenvalue weighted by atomic mass is 10.0. The zero-order valence-electron chi connectivity index (χ0n) is 19.6. The molecule has 1 saturated carbocycles. The van der Waals surface area contributed by atoms with E-state index in [-0.39, 0.29) is 25.8 Å². The van der Waals surface area contributed by atoms with Crippen LogP contribution in [0, 0.1) is 6.92 Å². The zero-order valence-corrected chi connectivity index (χ0v) is 21.1. The van der Waals surface area contributed by atoms with Gasteiger partial charge in [0.25, 0.3) is 0 Å². The maximum atomic E-state index is 14.4. The number of aryl methyl sites for hydroxylation is 1. The molecule has 3 atom stereocenters. The molecule has 0 bridgehead atoms. The molecule has 5 rings (SSSR count). The molecule has 0 spiro atoms. The van der Waals surface area contributed by atoms with E-state index in [9.17, 15) is 22.4 Å². The average Bonchev–Trinajstić information content (AvgIpc) is 3.41. The summed E-state index contributed by atoms with van der Waals surface area (Å²) >= 11 is 7.68. The van der Waals surface area contributed by atoms with Crippen molar-refractivity contribution in [2.24, 2.45) is 0 Å². The maximum Gasteiger partial charge on any atom is 0.408 e. The molecule has 1 aliphatic carbocycles. The molecule has 1 aliphatic heterocycles. The van der Waals surface area contributed by atoms with Crippen LogP contribution in [0.4, 0.5) is 17.6 Å². The number of nitrogens with zero attached hydrogens (tertiary/aromatic N) is 2. The van der Waals surface area contributed by atoms with E-state index in [1.807, 2.05) is 6.92 Å². The number of benzene rings is 1. The van der Waals surface area contributed by atoms with Crippen LogP contribution in [0.1, 0.15) is 49.0 Å². The lowest BCUT2D eigenvalue weighted by Crippen LogP contribution is -2.50. The number of alkyl halides is 4. The summed E-state index contributed by atoms with van der Waals surface area (Å²) in [5.41, 5.74) is 2.81. The van der Waals surface area contributed by atoms with Crippen molar-refractivity contribution in [1.82, 2.24) is 9.88 Å². The first-order valence-electron chi connectivity index (χ1n) is 12.0. The maximum absolute atomic E-state index is 14.4. The third-order valence-corrected chi connectivity index (χ3v) is 8.26. The van der Waals surface area contributed by atoms with Gasteiger partial charge in [-0.25, -0.2) is 4.39 Å². The highest BCUT2D eigenvalue weighted by molar-refractivity contribution is 7.19. The van der Waals surface area contributed by atoms with Crippen LogP contribution < -0.4 is 4.74 Å². The number of carbonyl (C=O) groups excluding carboxylic acids is 1. The summed E-state index contributed by atoms with van der Waals surface area (Å²) in [7, 11) is 0. The molecule has 3 aromatic rings. The summed E-state index contributed by atoms with van der Waals surface area (Å²) in [5.74, 6) is 0.0486. The Morgan fingerprint density at radius 1 is 1.17 bits per heavy atom. The summed E-state index contributed by atoms with van der Waals surface area (Å²) in [6.45, 7) is 1.72. The highest BCUT2D eigenvalue weighted by atomic mass is 35.5. The smallest absolute Gasteiger partial charge is 0.408 e. The van der Waals surface area contributed by atoms with Crippen molar-refractivity contribution in [3.05, 3.63) is 45.9 Å². The molecule has 1 amide bonds. The fourth-order valence-corrected chi connectivity index (χ4v) is 6.57. The van der Waals surface area contributed by atoms with Crippen molar-refractivity contribution in [2.75, 3.05) is 0 Å². The molecule has 0 radical (unpaired) electrons. The summed E-state index contributed by atoms with van der Waals surface area (Å²) in [6.07, 6.45) is -2.34. The number of carbonyl (C=O) groups is 1. The third kappa shape index (κ3) is 4.92. The fraction of sp³-hybridized carbons (Fsp3) is 0.462. The molecule has 1 unspecified atom stereocenters. The minimum atomic E-state index is -4.48. The van der Waals surface area contributed by atoms with Crippen molar-refractivity contribution in [3.8, 4) is 16.9 Å². The Bertz CT molecular complexity index is 1290. The minimum absolute atomic E-state index is 0.0944. The van der Waals surface area contributed by atoms with Crippen molar-refractivity contribution in [3.63, 3.8) is 0 Å². The Morgan fingerprint density at radius 3 is 2.69 bits per heavy atom. The van der Waals surface area contributed by atoms with Crippen LogP contribution in [0.2, 0.25) is 5.02 Å². The normalized spacial score (nSPS) is 23.0. The van der Waals surface area contributed by atoms with E-state index in [2.05, 4.69) is 4.98 Å². The molecule has 3 heterocycles. The van der Waals surface area contributed by atoms with Crippen LogP contribution in [-0.4, -0.2) is 40.3 Å². The molecule has 1 aromatic carbocycles. The van der Waals surface area contributed by atoms with E-state index in [1.54, 1.807) is 30.5 Å². The standard InChI is InChI=1S/C26H25ClF4N2O2S/c1-14-10-15(27)11-18(24(14)35-21-5-2-4-19(21)28)17-8-9-32-20-12-16(36-25(17)20)13-33-22(26(29,30)31)6-3-7-23(33)34/h8-12,19,21-22H,2-7,13H2,1H3/t19-,21+,22?/m0/s1. The van der Waals surface area contributed by atoms with Gasteiger partial charge >= 0.3 is 6.18 Å². The number of ether oxygens (including phenoxy) is 1. The molecule has 2 aromatic heterocycles. The van der Waals surface area contributed by atoms with Gasteiger partial charge in [0.2, 0.25) is 5.91 Å². The Morgan fingerprint density at radius 2 is 1.97 bits per heavy atom. The number of rotatable bonds is 5. The van der Waals surface area contributed by atoms with Crippen molar-refractivity contribution in [2.45, 2.75) is 76.5 Å². The van der Waals surface area contributed by atoms with Crippen LogP contribution in [0.25, 0.3) is 21.3 Å². The third-order valence-electron chi connectivity index (χ3n) is 6.90. The second-order valence-corrected chi connectivity index (χ2v) is 11.0. The number of fused-ring (bicyclic) bond motifs is 1. The molecular formula is C26H25ClF4N2O2S. The molecule has 4 nitrogen and oxygen atoms in total. The van der Waals surface area contributed by atoms with Crippen LogP contribution in [0.3, 0.4) is 0 Å². The monoisotopic (exact) mass is 540 g/mol. The number of hydrogen-bond acceptors (Lipinski definition) is 4. The first-order valence-corrected chi connectivity index (χ1v) is 13.2. The Hall–Kier alpha value is -2.39. The van der Waals surface area contributed by atoms with E-state index in [0.29, 0.717) is 39.6 Å². The second-order valence-electron chi connectivity index (χ2n) is 9.46. The molecule has 2 aliphatic rings. The number of pyridine rings is 1. The largest absolute Gasteiger partial charge is 0.486 e. The van der Waals surface area contributed by atoms with Gasteiger partial charge in [-0.1, -0.05) is 11.6 Å². The van der Waals surface area contributed by atoms with E-state index in [4.69, 9.17) is 16.3 Å². The van der Waals surface area contributed by atoms with Gasteiger partial charge in [0.05, 0.1) is 16.8 Å². The fourth-order valence-electron chi connectivity index (χ4n) is 5.16. The van der Waals surface area contributed by atoms with Gasteiger partial charge in [-0.05, 0) is 68.9 Å². The molecule has 0 N–H and O–H groups in total. The minimum Gasteiger partial charge on any atom is -0.486 e. The number of amides is 1. The van der Waals surface area contributed by atoms with Gasteiger partial charge in [-0.3, -0.25) is 9.78 Å². The molecule has 2 fully saturated rings. The van der Waals surface area contributed by atoms with Gasteiger partial charge in [-0.15, -0.1) is 11.3 Å². The van der Waals surface area contributed by atoms with Crippen molar-refractivity contribution < 1.29 is 27.1 Å². The SMILES string of the molecule is Cc1cc(Cl)cc(-c2ccnc3cc(CN4C(=O)CCCC4C(F)(F)F)sc23)c1O[C@@H]1CCC[C@@H]1F. The average molecular weight is 541 g/mol. The molecule has 1 saturated heterocycles. The number of aromatic nitrogens is 1. The number of likely N-dealkylation sites (tertiary alicyclic amines) is 1.